The van der Waals surface area contributed by atoms with Gasteiger partial charge in [0, 0.05) is 27.5 Å². The molecule has 5 heteroatoms. The Morgan fingerprint density at radius 2 is 2.00 bits per heavy atom. The molecule has 0 saturated carbocycles. The van der Waals surface area contributed by atoms with Crippen LogP contribution in [0.4, 0.5) is 0 Å². The molecule has 0 bridgehead atoms. The van der Waals surface area contributed by atoms with Gasteiger partial charge in [-0.1, -0.05) is 12.1 Å². The molecule has 1 aromatic heterocycles. The molecule has 1 heterocycles. The van der Waals surface area contributed by atoms with Gasteiger partial charge in [-0.25, -0.2) is 5.43 Å². The average Bonchev–Trinajstić information content (AvgIpc) is 2.73. The van der Waals surface area contributed by atoms with E-state index in [0.29, 0.717) is 11.6 Å². The first-order chi connectivity index (χ1) is 10.4. The number of carbonyl (C=O) groups excluding carboxylic acids is 1. The summed E-state index contributed by atoms with van der Waals surface area (Å²) in [4.78, 5) is 12.1. The Kier molecular flexibility index (Phi) is 5.19. The monoisotopic (exact) mass is 361 g/mol. The lowest BCUT2D eigenvalue weighted by Crippen LogP contribution is -2.18. The third-order valence-electron chi connectivity index (χ3n) is 3.53. The summed E-state index contributed by atoms with van der Waals surface area (Å²) in [5, 5.41) is 4.07. The van der Waals surface area contributed by atoms with Crippen LogP contribution in [-0.4, -0.2) is 16.7 Å². The molecule has 0 unspecified atom stereocenters. The van der Waals surface area contributed by atoms with Crippen LogP contribution < -0.4 is 5.43 Å². The van der Waals surface area contributed by atoms with Crippen LogP contribution >= 0.6 is 15.9 Å². The fraction of sp³-hybridized carbons (Fsp3) is 0.294. The van der Waals surface area contributed by atoms with E-state index in [1.165, 1.54) is 5.69 Å². The summed E-state index contributed by atoms with van der Waals surface area (Å²) in [6.07, 6.45) is 1.69. The smallest absolute Gasteiger partial charge is 0.272 e. The number of carbonyl (C=O) groups is 1. The normalized spacial score (nSPS) is 11.4. The minimum Gasteiger partial charge on any atom is -0.346 e. The summed E-state index contributed by atoms with van der Waals surface area (Å²) < 4.78 is 3.00. The number of nitrogens with one attached hydrogen (secondary N) is 1. The Bertz CT molecular complexity index is 717. The lowest BCUT2D eigenvalue weighted by molar-refractivity contribution is 0.0954. The minimum atomic E-state index is -0.235. The van der Waals surface area contributed by atoms with Crippen molar-refractivity contribution in [2.75, 3.05) is 0 Å². The zero-order valence-electron chi connectivity index (χ0n) is 13.2. The van der Waals surface area contributed by atoms with E-state index < -0.39 is 0 Å². The molecule has 116 valence electrons. The lowest BCUT2D eigenvalue weighted by atomic mass is 10.2. The topological polar surface area (TPSA) is 46.4 Å². The van der Waals surface area contributed by atoms with E-state index in [0.717, 1.165) is 15.7 Å². The molecule has 1 N–H and O–H groups in total. The maximum atomic E-state index is 12.1. The highest BCUT2D eigenvalue weighted by molar-refractivity contribution is 9.10. The van der Waals surface area contributed by atoms with Gasteiger partial charge in [0.15, 0.2) is 0 Å². The number of hydrazone groups is 1. The molecule has 0 spiro atoms. The number of nitrogens with zero attached hydrogens (tertiary/aromatic N) is 2. The van der Waals surface area contributed by atoms with Gasteiger partial charge in [0.1, 0.15) is 0 Å². The first-order valence-corrected chi connectivity index (χ1v) is 7.97. The fourth-order valence-electron chi connectivity index (χ4n) is 2.59. The number of hydrogen-bond acceptors (Lipinski definition) is 2. The van der Waals surface area contributed by atoms with Crippen molar-refractivity contribution in [2.45, 2.75) is 33.7 Å². The number of aryl methyl sites for hydroxylation is 1. The minimum absolute atomic E-state index is 0.235. The van der Waals surface area contributed by atoms with Crippen molar-refractivity contribution in [2.24, 2.45) is 5.10 Å². The van der Waals surface area contributed by atoms with E-state index >= 15 is 0 Å². The maximum absolute atomic E-state index is 12.1. The van der Waals surface area contributed by atoms with Gasteiger partial charge in [-0.3, -0.25) is 4.79 Å². The second-order valence-corrected chi connectivity index (χ2v) is 6.32. The molecule has 4 nitrogen and oxygen atoms in total. The van der Waals surface area contributed by atoms with E-state index in [1.807, 2.05) is 18.2 Å². The zero-order chi connectivity index (χ0) is 16.3. The summed E-state index contributed by atoms with van der Waals surface area (Å²) >= 11 is 3.36. The molecule has 2 rings (SSSR count). The number of hydrogen-bond donors (Lipinski definition) is 1. The Balaban J connectivity index is 2.12. The Morgan fingerprint density at radius 3 is 2.59 bits per heavy atom. The van der Waals surface area contributed by atoms with Crippen molar-refractivity contribution in [3.63, 3.8) is 0 Å². The van der Waals surface area contributed by atoms with Gasteiger partial charge in [0.25, 0.3) is 5.91 Å². The largest absolute Gasteiger partial charge is 0.346 e. The summed E-state index contributed by atoms with van der Waals surface area (Å²) in [7, 11) is 0. The van der Waals surface area contributed by atoms with E-state index in [9.17, 15) is 4.79 Å². The lowest BCUT2D eigenvalue weighted by Gasteiger charge is -2.13. The average molecular weight is 362 g/mol. The second-order valence-electron chi connectivity index (χ2n) is 5.47. The quantitative estimate of drug-likeness (QED) is 0.643. The number of halogens is 1. The van der Waals surface area contributed by atoms with Crippen molar-refractivity contribution < 1.29 is 4.79 Å². The molecule has 0 aliphatic carbocycles. The third-order valence-corrected chi connectivity index (χ3v) is 4.22. The summed E-state index contributed by atoms with van der Waals surface area (Å²) in [6, 6.07) is 9.74. The molecular weight excluding hydrogens is 342 g/mol. The molecule has 0 saturated heterocycles. The predicted molar refractivity (Wildman–Crippen MR) is 93.5 cm³/mol. The number of aromatic nitrogens is 1. The highest BCUT2D eigenvalue weighted by Gasteiger charge is 2.10. The predicted octanol–water partition coefficient (Wildman–Crippen LogP) is 4.21. The molecule has 0 aliphatic rings. The highest BCUT2D eigenvalue weighted by Crippen LogP contribution is 2.19. The van der Waals surface area contributed by atoms with Crippen molar-refractivity contribution >= 4 is 28.1 Å². The van der Waals surface area contributed by atoms with Crippen LogP contribution in [0.3, 0.4) is 0 Å². The molecule has 0 atom stereocenters. The first kappa shape index (κ1) is 16.5. The number of benzene rings is 1. The SMILES string of the molecule is Cc1cc(/C=N\NC(=O)c2ccccc2Br)c(C)n1C(C)C. The zero-order valence-corrected chi connectivity index (χ0v) is 14.8. The molecule has 22 heavy (non-hydrogen) atoms. The molecule has 0 radical (unpaired) electrons. The highest BCUT2D eigenvalue weighted by atomic mass is 79.9. The van der Waals surface area contributed by atoms with Gasteiger partial charge in [0.2, 0.25) is 0 Å². The van der Waals surface area contributed by atoms with Crippen LogP contribution in [0.5, 0.6) is 0 Å². The van der Waals surface area contributed by atoms with Gasteiger partial charge in [0.05, 0.1) is 11.8 Å². The van der Waals surface area contributed by atoms with Crippen LogP contribution in [0.2, 0.25) is 0 Å². The Hall–Kier alpha value is -1.88. The molecule has 2 aromatic rings. The molecule has 1 amide bonds. The molecule has 0 fully saturated rings. The van der Waals surface area contributed by atoms with Crippen LogP contribution in [0.15, 0.2) is 39.9 Å². The molecular formula is C17H20BrN3O. The summed E-state index contributed by atoms with van der Waals surface area (Å²) in [5.74, 6) is -0.235. The molecule has 0 aliphatic heterocycles. The number of rotatable bonds is 4. The second kappa shape index (κ2) is 6.92. The fourth-order valence-corrected chi connectivity index (χ4v) is 3.06. The summed E-state index contributed by atoms with van der Waals surface area (Å²) in [6.45, 7) is 8.43. The van der Waals surface area contributed by atoms with Crippen molar-refractivity contribution in [1.82, 2.24) is 9.99 Å². The Morgan fingerprint density at radius 1 is 1.32 bits per heavy atom. The van der Waals surface area contributed by atoms with Crippen LogP contribution in [0.25, 0.3) is 0 Å². The van der Waals surface area contributed by atoms with Gasteiger partial charge < -0.3 is 4.57 Å². The maximum Gasteiger partial charge on any atom is 0.272 e. The van der Waals surface area contributed by atoms with E-state index in [2.05, 4.69) is 64.8 Å². The summed E-state index contributed by atoms with van der Waals surface area (Å²) in [5.41, 5.74) is 6.47. The Labute approximate surface area is 139 Å². The van der Waals surface area contributed by atoms with Crippen molar-refractivity contribution in [3.8, 4) is 0 Å². The van der Waals surface area contributed by atoms with E-state index in [-0.39, 0.29) is 5.91 Å². The van der Waals surface area contributed by atoms with Crippen LogP contribution in [-0.2, 0) is 0 Å². The van der Waals surface area contributed by atoms with Gasteiger partial charge in [-0.2, -0.15) is 5.10 Å². The van der Waals surface area contributed by atoms with E-state index in [1.54, 1.807) is 12.3 Å². The van der Waals surface area contributed by atoms with Crippen LogP contribution in [0.1, 0.15) is 47.2 Å². The van der Waals surface area contributed by atoms with Crippen molar-refractivity contribution in [3.05, 3.63) is 57.3 Å². The third kappa shape index (κ3) is 3.47. The van der Waals surface area contributed by atoms with Crippen LogP contribution in [0, 0.1) is 13.8 Å². The van der Waals surface area contributed by atoms with E-state index in [4.69, 9.17) is 0 Å². The van der Waals surface area contributed by atoms with Gasteiger partial charge >= 0.3 is 0 Å². The van der Waals surface area contributed by atoms with Crippen molar-refractivity contribution in [1.29, 1.82) is 0 Å². The number of amides is 1. The molecule has 1 aromatic carbocycles. The van der Waals surface area contributed by atoms with Gasteiger partial charge in [-0.05, 0) is 61.8 Å². The van der Waals surface area contributed by atoms with Gasteiger partial charge in [-0.15, -0.1) is 0 Å². The standard InChI is InChI=1S/C17H20BrN3O/c1-11(2)21-12(3)9-14(13(21)4)10-19-20-17(22)15-7-5-6-8-16(15)18/h5-11H,1-4H3,(H,20,22)/b19-10-. The first-order valence-electron chi connectivity index (χ1n) is 7.18.